The van der Waals surface area contributed by atoms with E-state index < -0.39 is 0 Å². The molecule has 1 aromatic heterocycles. The van der Waals surface area contributed by atoms with Crippen molar-refractivity contribution in [3.8, 4) is 0 Å². The van der Waals surface area contributed by atoms with E-state index in [0.717, 1.165) is 37.5 Å². The van der Waals surface area contributed by atoms with Crippen LogP contribution in [-0.4, -0.2) is 40.8 Å². The van der Waals surface area contributed by atoms with E-state index in [9.17, 15) is 4.39 Å². The number of aliphatic imine (C=N–C) groups is 1. The molecule has 24 heavy (non-hydrogen) atoms. The van der Waals surface area contributed by atoms with Gasteiger partial charge in [-0.05, 0) is 43.0 Å². The lowest BCUT2D eigenvalue weighted by molar-refractivity contribution is 0.474. The van der Waals surface area contributed by atoms with Crippen LogP contribution in [0.3, 0.4) is 0 Å². The van der Waals surface area contributed by atoms with E-state index in [1.165, 1.54) is 11.6 Å². The van der Waals surface area contributed by atoms with Crippen LogP contribution in [0.2, 0.25) is 0 Å². The Kier molecular flexibility index (Phi) is 6.78. The van der Waals surface area contributed by atoms with E-state index in [0.29, 0.717) is 6.54 Å². The molecule has 0 radical (unpaired) electrons. The van der Waals surface area contributed by atoms with Crippen molar-refractivity contribution in [1.29, 1.82) is 0 Å². The maximum Gasteiger partial charge on any atom is 0.193 e. The molecule has 2 aromatic rings. The quantitative estimate of drug-likeness (QED) is 0.482. The van der Waals surface area contributed by atoms with Crippen molar-refractivity contribution in [2.24, 2.45) is 12.0 Å². The molecule has 0 spiro atoms. The second kappa shape index (κ2) is 9.05. The lowest BCUT2D eigenvalue weighted by Gasteiger charge is -2.22. The van der Waals surface area contributed by atoms with Gasteiger partial charge < -0.3 is 10.2 Å². The van der Waals surface area contributed by atoms with Crippen molar-refractivity contribution in [2.75, 3.05) is 20.1 Å². The Hall–Kier alpha value is -2.37. The lowest BCUT2D eigenvalue weighted by atomic mass is 10.2. The topological polar surface area (TPSA) is 45.5 Å². The first-order valence-corrected chi connectivity index (χ1v) is 8.30. The fourth-order valence-electron chi connectivity index (χ4n) is 2.52. The first-order valence-electron chi connectivity index (χ1n) is 8.30. The first kappa shape index (κ1) is 18.0. The number of guanidine groups is 1. The smallest absolute Gasteiger partial charge is 0.193 e. The summed E-state index contributed by atoms with van der Waals surface area (Å²) in [6, 6.07) is 6.67. The van der Waals surface area contributed by atoms with E-state index in [2.05, 4.69) is 15.4 Å². The van der Waals surface area contributed by atoms with Crippen molar-refractivity contribution in [1.82, 2.24) is 20.0 Å². The molecule has 0 saturated carbocycles. The highest BCUT2D eigenvalue weighted by molar-refractivity contribution is 5.79. The van der Waals surface area contributed by atoms with Gasteiger partial charge in [0.05, 0.1) is 6.20 Å². The van der Waals surface area contributed by atoms with Gasteiger partial charge in [0.1, 0.15) is 5.82 Å². The molecule has 5 nitrogen and oxygen atoms in total. The molecule has 6 heteroatoms. The molecule has 0 saturated heterocycles. The number of rotatable bonds is 7. The van der Waals surface area contributed by atoms with Gasteiger partial charge in [0.2, 0.25) is 0 Å². The van der Waals surface area contributed by atoms with Crippen LogP contribution < -0.4 is 5.32 Å². The van der Waals surface area contributed by atoms with Crippen molar-refractivity contribution in [3.63, 3.8) is 0 Å². The highest BCUT2D eigenvalue weighted by Crippen LogP contribution is 2.07. The number of benzene rings is 1. The first-order chi connectivity index (χ1) is 11.6. The van der Waals surface area contributed by atoms with Crippen LogP contribution >= 0.6 is 0 Å². The van der Waals surface area contributed by atoms with Gasteiger partial charge in [-0.3, -0.25) is 9.67 Å². The van der Waals surface area contributed by atoms with E-state index in [1.54, 1.807) is 12.1 Å². The molecular formula is C18H26FN5. The predicted octanol–water partition coefficient (Wildman–Crippen LogP) is 2.59. The van der Waals surface area contributed by atoms with Gasteiger partial charge in [-0.15, -0.1) is 0 Å². The maximum absolute atomic E-state index is 13.3. The molecule has 0 aliphatic heterocycles. The zero-order chi connectivity index (χ0) is 17.4. The summed E-state index contributed by atoms with van der Waals surface area (Å²) < 4.78 is 15.1. The van der Waals surface area contributed by atoms with Gasteiger partial charge >= 0.3 is 0 Å². The fraction of sp³-hybridized carbons (Fsp3) is 0.444. The minimum atomic E-state index is -0.209. The fourth-order valence-corrected chi connectivity index (χ4v) is 2.52. The summed E-state index contributed by atoms with van der Waals surface area (Å²) >= 11 is 0. The summed E-state index contributed by atoms with van der Waals surface area (Å²) in [7, 11) is 3.89. The molecule has 0 unspecified atom stereocenters. The van der Waals surface area contributed by atoms with Crippen LogP contribution in [-0.2, 0) is 20.0 Å². The molecule has 0 atom stereocenters. The van der Waals surface area contributed by atoms with Gasteiger partial charge in [0.15, 0.2) is 5.96 Å². The molecule has 0 amide bonds. The summed E-state index contributed by atoms with van der Waals surface area (Å²) in [4.78, 5) is 6.68. The second-order valence-electron chi connectivity index (χ2n) is 5.85. The molecule has 0 bridgehead atoms. The van der Waals surface area contributed by atoms with Crippen molar-refractivity contribution < 1.29 is 4.39 Å². The van der Waals surface area contributed by atoms with E-state index in [1.807, 2.05) is 49.1 Å². The van der Waals surface area contributed by atoms with Crippen LogP contribution in [0.5, 0.6) is 0 Å². The summed E-state index contributed by atoms with van der Waals surface area (Å²) in [5.41, 5.74) is 2.16. The summed E-state index contributed by atoms with van der Waals surface area (Å²) in [5, 5.41) is 7.46. The third kappa shape index (κ3) is 5.68. The Bertz CT molecular complexity index is 665. The van der Waals surface area contributed by atoms with Crippen LogP contribution in [0.4, 0.5) is 4.39 Å². The maximum atomic E-state index is 13.3. The molecule has 0 aliphatic carbocycles. The zero-order valence-electron chi connectivity index (χ0n) is 14.7. The van der Waals surface area contributed by atoms with Gasteiger partial charge in [-0.1, -0.05) is 12.1 Å². The van der Waals surface area contributed by atoms with Crippen LogP contribution in [0, 0.1) is 5.82 Å². The SMILES string of the molecule is CCNC(=NCCCc1cnn(C)c1)N(C)Cc1cccc(F)c1. The molecular weight excluding hydrogens is 305 g/mol. The third-order valence-corrected chi connectivity index (χ3v) is 3.65. The Morgan fingerprint density at radius 3 is 2.88 bits per heavy atom. The standard InChI is InChI=1S/C18H26FN5/c1-4-20-18(21-10-6-8-16-12-22-24(3)14-16)23(2)13-15-7-5-9-17(19)11-15/h5,7,9,11-12,14H,4,6,8,10,13H2,1-3H3,(H,20,21). The number of halogens is 1. The van der Waals surface area contributed by atoms with Crippen LogP contribution in [0.1, 0.15) is 24.5 Å². The Balaban J connectivity index is 1.88. The average Bonchev–Trinajstić information content (AvgIpc) is 2.95. The average molecular weight is 331 g/mol. The van der Waals surface area contributed by atoms with Gasteiger partial charge in [-0.2, -0.15) is 5.10 Å². The number of hydrogen-bond donors (Lipinski definition) is 1. The Morgan fingerprint density at radius 2 is 2.21 bits per heavy atom. The van der Waals surface area contributed by atoms with Gasteiger partial charge in [0, 0.05) is 39.9 Å². The van der Waals surface area contributed by atoms with Crippen molar-refractivity contribution in [2.45, 2.75) is 26.3 Å². The Labute approximate surface area is 143 Å². The number of hydrogen-bond acceptors (Lipinski definition) is 2. The zero-order valence-corrected chi connectivity index (χ0v) is 14.7. The second-order valence-corrected chi connectivity index (χ2v) is 5.85. The molecule has 130 valence electrons. The summed E-state index contributed by atoms with van der Waals surface area (Å²) in [6.07, 6.45) is 5.86. The Morgan fingerprint density at radius 1 is 1.38 bits per heavy atom. The third-order valence-electron chi connectivity index (χ3n) is 3.65. The molecule has 0 fully saturated rings. The highest BCUT2D eigenvalue weighted by Gasteiger charge is 2.07. The highest BCUT2D eigenvalue weighted by atomic mass is 19.1. The van der Waals surface area contributed by atoms with E-state index in [-0.39, 0.29) is 5.82 Å². The number of aryl methyl sites for hydroxylation is 2. The molecule has 1 N–H and O–H groups in total. The molecule has 2 rings (SSSR count). The number of aromatic nitrogens is 2. The number of nitrogens with one attached hydrogen (secondary N) is 1. The minimum absolute atomic E-state index is 0.209. The summed E-state index contributed by atoms with van der Waals surface area (Å²) in [5.74, 6) is 0.632. The molecule has 0 aliphatic rings. The monoisotopic (exact) mass is 331 g/mol. The van der Waals surface area contributed by atoms with E-state index >= 15 is 0 Å². The predicted molar refractivity (Wildman–Crippen MR) is 95.4 cm³/mol. The largest absolute Gasteiger partial charge is 0.357 e. The molecule has 1 aromatic carbocycles. The van der Waals surface area contributed by atoms with Crippen LogP contribution in [0.25, 0.3) is 0 Å². The summed E-state index contributed by atoms with van der Waals surface area (Å²) in [6.45, 7) is 4.20. The number of nitrogens with zero attached hydrogens (tertiary/aromatic N) is 4. The van der Waals surface area contributed by atoms with Gasteiger partial charge in [0.25, 0.3) is 0 Å². The minimum Gasteiger partial charge on any atom is -0.357 e. The molecule has 1 heterocycles. The van der Waals surface area contributed by atoms with Gasteiger partial charge in [-0.25, -0.2) is 4.39 Å². The normalized spacial score (nSPS) is 11.6. The lowest BCUT2D eigenvalue weighted by Crippen LogP contribution is -2.38. The van der Waals surface area contributed by atoms with E-state index in [4.69, 9.17) is 0 Å². The van der Waals surface area contributed by atoms with Crippen molar-refractivity contribution in [3.05, 3.63) is 53.6 Å². The van der Waals surface area contributed by atoms with Crippen LogP contribution in [0.15, 0.2) is 41.7 Å². The van der Waals surface area contributed by atoms with Crippen molar-refractivity contribution >= 4 is 5.96 Å².